The van der Waals surface area contributed by atoms with Gasteiger partial charge in [-0.3, -0.25) is 0 Å². The number of thiophene rings is 1. The van der Waals surface area contributed by atoms with Crippen LogP contribution in [0.3, 0.4) is 0 Å². The number of nitrogens with zero attached hydrogens (tertiary/aromatic N) is 3. The molecule has 1 aliphatic rings. The second-order valence-corrected chi connectivity index (χ2v) is 6.77. The van der Waals surface area contributed by atoms with Gasteiger partial charge in [-0.2, -0.15) is 4.98 Å². The summed E-state index contributed by atoms with van der Waals surface area (Å²) in [6.07, 6.45) is 2.99. The number of hydrogen-bond donors (Lipinski definition) is 1. The van der Waals surface area contributed by atoms with Crippen molar-refractivity contribution >= 4 is 11.3 Å². The fraction of sp³-hybridized carbons (Fsp3) is 0.600. The Morgan fingerprint density at radius 3 is 3.19 bits per heavy atom. The van der Waals surface area contributed by atoms with E-state index in [4.69, 9.17) is 10.3 Å². The number of hydrogen-bond acceptors (Lipinski definition) is 6. The molecule has 0 amide bonds. The molecule has 2 aromatic rings. The van der Waals surface area contributed by atoms with Gasteiger partial charge in [0.1, 0.15) is 0 Å². The monoisotopic (exact) mass is 306 g/mol. The molecule has 3 heterocycles. The summed E-state index contributed by atoms with van der Waals surface area (Å²) in [4.78, 5) is 8.01. The van der Waals surface area contributed by atoms with Gasteiger partial charge in [-0.05, 0) is 43.3 Å². The van der Waals surface area contributed by atoms with Crippen LogP contribution >= 0.6 is 11.3 Å². The zero-order chi connectivity index (χ0) is 14.7. The summed E-state index contributed by atoms with van der Waals surface area (Å²) in [5.41, 5.74) is 6.05. The van der Waals surface area contributed by atoms with Gasteiger partial charge in [-0.25, -0.2) is 0 Å². The molecule has 114 valence electrons. The number of aryl methyl sites for hydroxylation is 1. The highest BCUT2D eigenvalue weighted by atomic mass is 32.1. The first-order valence-electron chi connectivity index (χ1n) is 7.57. The standard InChI is InChI=1S/C15H22N4OS/c1-11-10-19(8-6-12(11)16)7-2-5-14-17-15(18-20-14)13-4-3-9-21-13/h3-4,9,11-12H,2,5-8,10,16H2,1H3. The maximum Gasteiger partial charge on any atom is 0.227 e. The second kappa shape index (κ2) is 6.68. The summed E-state index contributed by atoms with van der Waals surface area (Å²) < 4.78 is 5.32. The Morgan fingerprint density at radius 1 is 1.52 bits per heavy atom. The smallest absolute Gasteiger partial charge is 0.227 e. The van der Waals surface area contributed by atoms with Crippen LogP contribution in [-0.4, -0.2) is 40.7 Å². The van der Waals surface area contributed by atoms with Crippen LogP contribution in [-0.2, 0) is 6.42 Å². The molecule has 2 N–H and O–H groups in total. The Morgan fingerprint density at radius 2 is 2.43 bits per heavy atom. The molecule has 0 radical (unpaired) electrons. The molecule has 1 aliphatic heterocycles. The van der Waals surface area contributed by atoms with Crippen molar-refractivity contribution in [2.24, 2.45) is 11.7 Å². The van der Waals surface area contributed by atoms with E-state index in [0.717, 1.165) is 49.7 Å². The molecule has 2 aromatic heterocycles. The van der Waals surface area contributed by atoms with E-state index >= 15 is 0 Å². The largest absolute Gasteiger partial charge is 0.339 e. The van der Waals surface area contributed by atoms with E-state index in [1.54, 1.807) is 11.3 Å². The van der Waals surface area contributed by atoms with Crippen LogP contribution in [0.25, 0.3) is 10.7 Å². The lowest BCUT2D eigenvalue weighted by atomic mass is 9.95. The topological polar surface area (TPSA) is 68.2 Å². The van der Waals surface area contributed by atoms with Crippen molar-refractivity contribution < 1.29 is 4.52 Å². The SMILES string of the molecule is CC1CN(CCCc2nc(-c3cccs3)no2)CCC1N. The fourth-order valence-electron chi connectivity index (χ4n) is 2.77. The Balaban J connectivity index is 1.46. The van der Waals surface area contributed by atoms with Gasteiger partial charge in [0.2, 0.25) is 11.7 Å². The van der Waals surface area contributed by atoms with Crippen molar-refractivity contribution in [3.63, 3.8) is 0 Å². The summed E-state index contributed by atoms with van der Waals surface area (Å²) in [5.74, 6) is 2.03. The maximum atomic E-state index is 6.05. The minimum absolute atomic E-state index is 0.366. The van der Waals surface area contributed by atoms with Crippen LogP contribution in [0.4, 0.5) is 0 Å². The lowest BCUT2D eigenvalue weighted by Gasteiger charge is -2.34. The van der Waals surface area contributed by atoms with Crippen LogP contribution < -0.4 is 5.73 Å². The second-order valence-electron chi connectivity index (χ2n) is 5.82. The van der Waals surface area contributed by atoms with E-state index in [9.17, 15) is 0 Å². The Labute approximate surface area is 129 Å². The van der Waals surface area contributed by atoms with Gasteiger partial charge in [0.15, 0.2) is 0 Å². The normalized spacial score (nSPS) is 23.5. The summed E-state index contributed by atoms with van der Waals surface area (Å²) in [7, 11) is 0. The van der Waals surface area contributed by atoms with Crippen LogP contribution in [0.2, 0.25) is 0 Å². The van der Waals surface area contributed by atoms with Crippen molar-refractivity contribution in [3.05, 3.63) is 23.4 Å². The molecular formula is C15H22N4OS. The number of rotatable bonds is 5. The number of piperidine rings is 1. The zero-order valence-electron chi connectivity index (χ0n) is 12.4. The van der Waals surface area contributed by atoms with Crippen molar-refractivity contribution in [1.82, 2.24) is 15.0 Å². The van der Waals surface area contributed by atoms with Crippen LogP contribution in [0.5, 0.6) is 0 Å². The number of likely N-dealkylation sites (tertiary alicyclic amines) is 1. The average molecular weight is 306 g/mol. The molecule has 2 unspecified atom stereocenters. The maximum absolute atomic E-state index is 6.05. The molecule has 2 atom stereocenters. The van der Waals surface area contributed by atoms with Gasteiger partial charge in [-0.1, -0.05) is 18.1 Å². The predicted octanol–water partition coefficient (Wildman–Crippen LogP) is 2.40. The highest BCUT2D eigenvalue weighted by Gasteiger charge is 2.22. The Hall–Kier alpha value is -1.24. The summed E-state index contributed by atoms with van der Waals surface area (Å²) in [5, 5.41) is 6.06. The van der Waals surface area contributed by atoms with Gasteiger partial charge in [-0.15, -0.1) is 11.3 Å². The van der Waals surface area contributed by atoms with Gasteiger partial charge in [0.05, 0.1) is 4.88 Å². The predicted molar refractivity (Wildman–Crippen MR) is 84.1 cm³/mol. The first-order chi connectivity index (χ1) is 10.2. The molecule has 1 saturated heterocycles. The van der Waals surface area contributed by atoms with Crippen LogP contribution in [0.1, 0.15) is 25.7 Å². The highest BCUT2D eigenvalue weighted by Crippen LogP contribution is 2.21. The molecule has 0 aromatic carbocycles. The molecule has 0 spiro atoms. The number of nitrogens with two attached hydrogens (primary N) is 1. The van der Waals surface area contributed by atoms with Crippen molar-refractivity contribution in [3.8, 4) is 10.7 Å². The number of aromatic nitrogens is 2. The van der Waals surface area contributed by atoms with Crippen LogP contribution in [0, 0.1) is 5.92 Å². The molecule has 3 rings (SSSR count). The van der Waals surface area contributed by atoms with Gasteiger partial charge >= 0.3 is 0 Å². The molecule has 0 saturated carbocycles. The zero-order valence-corrected chi connectivity index (χ0v) is 13.2. The quantitative estimate of drug-likeness (QED) is 0.918. The van der Waals surface area contributed by atoms with Crippen molar-refractivity contribution in [2.45, 2.75) is 32.2 Å². The lowest BCUT2D eigenvalue weighted by Crippen LogP contribution is -2.46. The molecular weight excluding hydrogens is 284 g/mol. The third-order valence-electron chi connectivity index (χ3n) is 4.13. The lowest BCUT2D eigenvalue weighted by molar-refractivity contribution is 0.162. The third kappa shape index (κ3) is 3.70. The van der Waals surface area contributed by atoms with E-state index in [1.165, 1.54) is 0 Å². The van der Waals surface area contributed by atoms with E-state index < -0.39 is 0 Å². The van der Waals surface area contributed by atoms with E-state index in [2.05, 4.69) is 22.0 Å². The van der Waals surface area contributed by atoms with Crippen LogP contribution in [0.15, 0.2) is 22.0 Å². The third-order valence-corrected chi connectivity index (χ3v) is 5.00. The molecule has 1 fully saturated rings. The van der Waals surface area contributed by atoms with Crippen molar-refractivity contribution in [2.75, 3.05) is 19.6 Å². The van der Waals surface area contributed by atoms with E-state index in [0.29, 0.717) is 17.8 Å². The summed E-state index contributed by atoms with van der Waals surface area (Å²) in [6.45, 7) is 5.52. The molecule has 0 bridgehead atoms. The minimum atomic E-state index is 0.366. The summed E-state index contributed by atoms with van der Waals surface area (Å²) in [6, 6.07) is 4.38. The van der Waals surface area contributed by atoms with E-state index in [-0.39, 0.29) is 0 Å². The Kier molecular flexibility index (Phi) is 4.67. The first-order valence-corrected chi connectivity index (χ1v) is 8.45. The molecule has 6 heteroatoms. The minimum Gasteiger partial charge on any atom is -0.339 e. The van der Waals surface area contributed by atoms with Crippen molar-refractivity contribution in [1.29, 1.82) is 0 Å². The van der Waals surface area contributed by atoms with Gasteiger partial charge < -0.3 is 15.2 Å². The molecule has 0 aliphatic carbocycles. The average Bonchev–Trinajstić information content (AvgIpc) is 3.13. The van der Waals surface area contributed by atoms with Gasteiger partial charge in [0.25, 0.3) is 0 Å². The van der Waals surface area contributed by atoms with Gasteiger partial charge in [0, 0.05) is 19.0 Å². The molecule has 21 heavy (non-hydrogen) atoms. The fourth-order valence-corrected chi connectivity index (χ4v) is 3.42. The van der Waals surface area contributed by atoms with E-state index in [1.807, 2.05) is 17.5 Å². The Bertz CT molecular complexity index is 554. The first kappa shape index (κ1) is 14.7. The molecule has 5 nitrogen and oxygen atoms in total. The summed E-state index contributed by atoms with van der Waals surface area (Å²) >= 11 is 1.63. The highest BCUT2D eigenvalue weighted by molar-refractivity contribution is 7.13.